The Kier molecular flexibility index (Phi) is 5.35. The van der Waals surface area contributed by atoms with Crippen LogP contribution in [0.2, 0.25) is 0 Å². The lowest BCUT2D eigenvalue weighted by Crippen LogP contribution is -2.40. The fourth-order valence-corrected chi connectivity index (χ4v) is 2.15. The SMILES string of the molecule is CC(CNC(=O)C1CCCOC1)Oc1cccc(F)c1. The molecule has 20 heavy (non-hydrogen) atoms. The van der Waals surface area contributed by atoms with Crippen molar-refractivity contribution in [3.05, 3.63) is 30.1 Å². The molecule has 0 aromatic heterocycles. The molecule has 1 aromatic carbocycles. The number of hydrogen-bond acceptors (Lipinski definition) is 3. The van der Waals surface area contributed by atoms with E-state index in [1.807, 2.05) is 6.92 Å². The normalized spacial score (nSPS) is 20.2. The molecule has 2 atom stereocenters. The third-order valence-electron chi connectivity index (χ3n) is 3.23. The number of halogens is 1. The van der Waals surface area contributed by atoms with Crippen LogP contribution in [0.15, 0.2) is 24.3 Å². The zero-order valence-corrected chi connectivity index (χ0v) is 11.6. The molecule has 0 aliphatic carbocycles. The molecule has 0 saturated carbocycles. The summed E-state index contributed by atoms with van der Waals surface area (Å²) in [7, 11) is 0. The lowest BCUT2D eigenvalue weighted by atomic mass is 10.0. The van der Waals surface area contributed by atoms with E-state index < -0.39 is 0 Å². The van der Waals surface area contributed by atoms with Crippen molar-refractivity contribution in [1.82, 2.24) is 5.32 Å². The summed E-state index contributed by atoms with van der Waals surface area (Å²) in [4.78, 5) is 11.9. The molecule has 1 N–H and O–H groups in total. The van der Waals surface area contributed by atoms with Gasteiger partial charge in [-0.3, -0.25) is 4.79 Å². The van der Waals surface area contributed by atoms with Gasteiger partial charge < -0.3 is 14.8 Å². The third kappa shape index (κ3) is 4.49. The van der Waals surface area contributed by atoms with E-state index in [-0.39, 0.29) is 23.7 Å². The average Bonchev–Trinajstić information content (AvgIpc) is 2.46. The summed E-state index contributed by atoms with van der Waals surface area (Å²) in [6.07, 6.45) is 1.57. The van der Waals surface area contributed by atoms with Gasteiger partial charge in [-0.15, -0.1) is 0 Å². The summed E-state index contributed by atoms with van der Waals surface area (Å²) < 4.78 is 23.8. The standard InChI is InChI=1S/C15H20FNO3/c1-11(20-14-6-2-5-13(16)8-14)9-17-15(18)12-4-3-7-19-10-12/h2,5-6,8,11-12H,3-4,7,9-10H2,1H3,(H,17,18). The van der Waals surface area contributed by atoms with Crippen LogP contribution in [0.3, 0.4) is 0 Å². The molecule has 1 aromatic rings. The molecule has 2 rings (SSSR count). The highest BCUT2D eigenvalue weighted by Crippen LogP contribution is 2.15. The van der Waals surface area contributed by atoms with Crippen LogP contribution in [0.1, 0.15) is 19.8 Å². The number of nitrogens with one attached hydrogen (secondary N) is 1. The van der Waals surface area contributed by atoms with Gasteiger partial charge in [-0.05, 0) is 31.9 Å². The Morgan fingerprint density at radius 1 is 1.60 bits per heavy atom. The molecule has 4 nitrogen and oxygen atoms in total. The highest BCUT2D eigenvalue weighted by Gasteiger charge is 2.21. The highest BCUT2D eigenvalue weighted by molar-refractivity contribution is 5.78. The van der Waals surface area contributed by atoms with E-state index in [1.165, 1.54) is 12.1 Å². The Morgan fingerprint density at radius 2 is 2.45 bits per heavy atom. The second kappa shape index (κ2) is 7.24. The summed E-state index contributed by atoms with van der Waals surface area (Å²) in [5, 5.41) is 2.85. The van der Waals surface area contributed by atoms with Crippen molar-refractivity contribution in [3.8, 4) is 5.75 Å². The molecule has 1 heterocycles. The Bertz CT molecular complexity index is 446. The van der Waals surface area contributed by atoms with Crippen molar-refractivity contribution in [2.75, 3.05) is 19.8 Å². The van der Waals surface area contributed by atoms with Crippen LogP contribution in [0.5, 0.6) is 5.75 Å². The van der Waals surface area contributed by atoms with Crippen LogP contribution >= 0.6 is 0 Å². The molecule has 1 aliphatic rings. The molecule has 1 saturated heterocycles. The highest BCUT2D eigenvalue weighted by atomic mass is 19.1. The molecule has 0 radical (unpaired) electrons. The van der Waals surface area contributed by atoms with E-state index in [0.717, 1.165) is 19.4 Å². The van der Waals surface area contributed by atoms with E-state index in [0.29, 0.717) is 18.9 Å². The first-order chi connectivity index (χ1) is 9.65. The number of hydrogen-bond donors (Lipinski definition) is 1. The average molecular weight is 281 g/mol. The molecule has 0 spiro atoms. The Balaban J connectivity index is 1.74. The molecular weight excluding hydrogens is 261 g/mol. The minimum atomic E-state index is -0.335. The largest absolute Gasteiger partial charge is 0.489 e. The van der Waals surface area contributed by atoms with Gasteiger partial charge in [0.2, 0.25) is 5.91 Å². The van der Waals surface area contributed by atoms with Crippen LogP contribution in [0.4, 0.5) is 4.39 Å². The van der Waals surface area contributed by atoms with Crippen molar-refractivity contribution in [2.45, 2.75) is 25.9 Å². The zero-order valence-electron chi connectivity index (χ0n) is 11.6. The molecule has 1 amide bonds. The first-order valence-corrected chi connectivity index (χ1v) is 6.93. The Morgan fingerprint density at radius 3 is 3.15 bits per heavy atom. The maximum Gasteiger partial charge on any atom is 0.225 e. The van der Waals surface area contributed by atoms with Gasteiger partial charge in [0.25, 0.3) is 0 Å². The molecule has 2 unspecified atom stereocenters. The Labute approximate surface area is 118 Å². The maximum absolute atomic E-state index is 13.0. The van der Waals surface area contributed by atoms with Gasteiger partial charge in [0, 0.05) is 12.7 Å². The van der Waals surface area contributed by atoms with Gasteiger partial charge in [0.05, 0.1) is 19.1 Å². The fraction of sp³-hybridized carbons (Fsp3) is 0.533. The maximum atomic E-state index is 13.0. The predicted octanol–water partition coefficient (Wildman–Crippen LogP) is 2.14. The number of benzene rings is 1. The fourth-order valence-electron chi connectivity index (χ4n) is 2.15. The molecule has 1 fully saturated rings. The molecule has 110 valence electrons. The molecule has 1 aliphatic heterocycles. The number of carbonyl (C=O) groups excluding carboxylic acids is 1. The smallest absolute Gasteiger partial charge is 0.225 e. The Hall–Kier alpha value is -1.62. The van der Waals surface area contributed by atoms with E-state index in [4.69, 9.17) is 9.47 Å². The van der Waals surface area contributed by atoms with E-state index in [1.54, 1.807) is 12.1 Å². The number of amides is 1. The van der Waals surface area contributed by atoms with E-state index in [9.17, 15) is 9.18 Å². The number of ether oxygens (including phenoxy) is 2. The minimum absolute atomic E-state index is 0.000563. The van der Waals surface area contributed by atoms with Crippen molar-refractivity contribution in [1.29, 1.82) is 0 Å². The zero-order chi connectivity index (χ0) is 14.4. The van der Waals surface area contributed by atoms with Gasteiger partial charge in [-0.25, -0.2) is 4.39 Å². The van der Waals surface area contributed by atoms with Crippen LogP contribution in [-0.4, -0.2) is 31.8 Å². The van der Waals surface area contributed by atoms with Crippen molar-refractivity contribution in [3.63, 3.8) is 0 Å². The summed E-state index contributed by atoms with van der Waals surface area (Å²) in [5.74, 6) is 0.0651. The van der Waals surface area contributed by atoms with Gasteiger partial charge in [0.15, 0.2) is 0 Å². The number of carbonyl (C=O) groups is 1. The summed E-state index contributed by atoms with van der Waals surface area (Å²) >= 11 is 0. The van der Waals surface area contributed by atoms with Gasteiger partial charge in [-0.1, -0.05) is 6.07 Å². The number of rotatable bonds is 5. The third-order valence-corrected chi connectivity index (χ3v) is 3.23. The second-order valence-electron chi connectivity index (χ2n) is 5.05. The minimum Gasteiger partial charge on any atom is -0.489 e. The van der Waals surface area contributed by atoms with Crippen molar-refractivity contribution in [2.24, 2.45) is 5.92 Å². The van der Waals surface area contributed by atoms with Gasteiger partial charge in [-0.2, -0.15) is 0 Å². The topological polar surface area (TPSA) is 47.6 Å². The summed E-state index contributed by atoms with van der Waals surface area (Å²) in [6.45, 7) is 3.46. The quantitative estimate of drug-likeness (QED) is 0.899. The van der Waals surface area contributed by atoms with Gasteiger partial charge >= 0.3 is 0 Å². The van der Waals surface area contributed by atoms with Crippen molar-refractivity contribution >= 4 is 5.91 Å². The van der Waals surface area contributed by atoms with Crippen LogP contribution in [-0.2, 0) is 9.53 Å². The van der Waals surface area contributed by atoms with Crippen LogP contribution in [0.25, 0.3) is 0 Å². The predicted molar refractivity (Wildman–Crippen MR) is 73.0 cm³/mol. The van der Waals surface area contributed by atoms with Crippen molar-refractivity contribution < 1.29 is 18.7 Å². The van der Waals surface area contributed by atoms with Crippen LogP contribution in [0, 0.1) is 11.7 Å². The molecule has 0 bridgehead atoms. The first-order valence-electron chi connectivity index (χ1n) is 6.93. The lowest BCUT2D eigenvalue weighted by Gasteiger charge is -2.22. The first kappa shape index (κ1) is 14.8. The monoisotopic (exact) mass is 281 g/mol. The van der Waals surface area contributed by atoms with E-state index in [2.05, 4.69) is 5.32 Å². The second-order valence-corrected chi connectivity index (χ2v) is 5.05. The lowest BCUT2D eigenvalue weighted by molar-refractivity contribution is -0.129. The summed E-state index contributed by atoms with van der Waals surface area (Å²) in [6, 6.07) is 5.97. The van der Waals surface area contributed by atoms with Crippen LogP contribution < -0.4 is 10.1 Å². The van der Waals surface area contributed by atoms with E-state index >= 15 is 0 Å². The van der Waals surface area contributed by atoms with Gasteiger partial charge in [0.1, 0.15) is 17.7 Å². The molecule has 5 heteroatoms. The summed E-state index contributed by atoms with van der Waals surface area (Å²) in [5.41, 5.74) is 0. The molecular formula is C15H20FNO3.